The molecule has 7 heteroatoms. The third-order valence-electron chi connectivity index (χ3n) is 12.3. The second-order valence-electron chi connectivity index (χ2n) is 16.0. The minimum absolute atomic E-state index is 0.395. The van der Waals surface area contributed by atoms with Gasteiger partial charge in [-0.05, 0) is 170 Å². The van der Waals surface area contributed by atoms with Crippen molar-refractivity contribution in [1.29, 1.82) is 0 Å². The largest absolute Gasteiger partial charge is 0.416 e. The van der Waals surface area contributed by atoms with Gasteiger partial charge >= 0.3 is 12.4 Å². The normalized spacial score (nSPS) is 12.4. The van der Waals surface area contributed by atoms with Crippen molar-refractivity contribution in [2.45, 2.75) is 12.4 Å². The van der Waals surface area contributed by atoms with Crippen molar-refractivity contribution in [3.63, 3.8) is 0 Å². The fourth-order valence-electron chi connectivity index (χ4n) is 9.45. The molecule has 0 radical (unpaired) electrons. The molecule has 0 atom stereocenters. The van der Waals surface area contributed by atoms with Crippen LogP contribution in [-0.4, -0.2) is 0 Å². The van der Waals surface area contributed by atoms with Gasteiger partial charge in [0.25, 0.3) is 0 Å². The van der Waals surface area contributed by atoms with Gasteiger partial charge in [0.1, 0.15) is 5.82 Å². The topological polar surface area (TPSA) is 0 Å². The van der Waals surface area contributed by atoms with Crippen molar-refractivity contribution in [2.24, 2.45) is 0 Å². The summed E-state index contributed by atoms with van der Waals surface area (Å²) >= 11 is 0. The Morgan fingerprint density at radius 3 is 1.32 bits per heavy atom. The first kappa shape index (κ1) is 38.4. The molecule has 304 valence electrons. The van der Waals surface area contributed by atoms with Crippen LogP contribution in [0.5, 0.6) is 0 Å². The Labute approximate surface area is 356 Å². The lowest BCUT2D eigenvalue weighted by molar-refractivity contribution is -0.138. The average Bonchev–Trinajstić information content (AvgIpc) is 3.29. The Kier molecular flexibility index (Phi) is 8.71. The molecule has 11 aromatic carbocycles. The molecule has 0 fully saturated rings. The number of rotatable bonds is 4. The van der Waals surface area contributed by atoms with Crippen molar-refractivity contribution < 1.29 is 30.7 Å². The van der Waals surface area contributed by atoms with E-state index in [1.165, 1.54) is 30.3 Å². The summed E-state index contributed by atoms with van der Waals surface area (Å²) in [5, 5.41) is 10.5. The maximum absolute atomic E-state index is 15.1. The monoisotopic (exact) mass is 836 g/mol. The first-order valence-corrected chi connectivity index (χ1v) is 20.3. The Morgan fingerprint density at radius 1 is 0.270 bits per heavy atom. The van der Waals surface area contributed by atoms with Crippen molar-refractivity contribution in [3.8, 4) is 44.5 Å². The molecule has 0 unspecified atom stereocenters. The van der Waals surface area contributed by atoms with Gasteiger partial charge in [0.05, 0.1) is 11.1 Å². The molecular formula is C56H31F7. The summed E-state index contributed by atoms with van der Waals surface area (Å²) in [6.45, 7) is 0. The number of halogens is 7. The zero-order chi connectivity index (χ0) is 43.2. The van der Waals surface area contributed by atoms with Crippen LogP contribution in [0.3, 0.4) is 0 Å². The lowest BCUT2D eigenvalue weighted by atomic mass is 9.81. The highest BCUT2D eigenvalue weighted by Crippen LogP contribution is 2.50. The van der Waals surface area contributed by atoms with Crippen LogP contribution in [0.2, 0.25) is 0 Å². The van der Waals surface area contributed by atoms with Crippen LogP contribution >= 0.6 is 0 Å². The highest BCUT2D eigenvalue weighted by molar-refractivity contribution is 6.29. The summed E-state index contributed by atoms with van der Waals surface area (Å²) < 4.78 is 98.7. The third-order valence-corrected chi connectivity index (χ3v) is 12.3. The molecule has 0 saturated heterocycles. The number of benzene rings is 11. The van der Waals surface area contributed by atoms with Gasteiger partial charge in [-0.2, -0.15) is 26.3 Å². The van der Waals surface area contributed by atoms with Gasteiger partial charge in [-0.15, -0.1) is 0 Å². The number of fused-ring (bicyclic) bond motifs is 8. The summed E-state index contributed by atoms with van der Waals surface area (Å²) in [5.41, 5.74) is 4.06. The molecule has 0 aliphatic heterocycles. The molecule has 11 rings (SSSR count). The van der Waals surface area contributed by atoms with E-state index >= 15 is 4.39 Å². The van der Waals surface area contributed by atoms with Gasteiger partial charge in [0.15, 0.2) is 0 Å². The Hall–Kier alpha value is -7.51. The van der Waals surface area contributed by atoms with E-state index in [2.05, 4.69) is 30.3 Å². The van der Waals surface area contributed by atoms with E-state index in [0.29, 0.717) is 27.6 Å². The molecule has 63 heavy (non-hydrogen) atoms. The second-order valence-corrected chi connectivity index (χ2v) is 16.0. The molecule has 0 spiro atoms. The lowest BCUT2D eigenvalue weighted by Crippen LogP contribution is -2.04. The molecule has 0 aliphatic rings. The number of hydrogen-bond acceptors (Lipinski definition) is 0. The van der Waals surface area contributed by atoms with E-state index in [-0.39, 0.29) is 0 Å². The van der Waals surface area contributed by atoms with Crippen LogP contribution < -0.4 is 0 Å². The van der Waals surface area contributed by atoms with Gasteiger partial charge in [-0.3, -0.25) is 0 Å². The van der Waals surface area contributed by atoms with E-state index in [1.807, 2.05) is 91.0 Å². The maximum atomic E-state index is 15.1. The van der Waals surface area contributed by atoms with Crippen molar-refractivity contribution in [1.82, 2.24) is 0 Å². The summed E-state index contributed by atoms with van der Waals surface area (Å²) in [4.78, 5) is 0. The molecular weight excluding hydrogens is 806 g/mol. The Bertz CT molecular complexity index is 3650. The van der Waals surface area contributed by atoms with E-state index in [0.717, 1.165) is 106 Å². The number of alkyl halides is 6. The van der Waals surface area contributed by atoms with Crippen molar-refractivity contribution in [2.75, 3.05) is 0 Å². The third kappa shape index (κ3) is 6.46. The van der Waals surface area contributed by atoms with Crippen molar-refractivity contribution in [3.05, 3.63) is 205 Å². The molecule has 0 nitrogen and oxygen atoms in total. The fourth-order valence-corrected chi connectivity index (χ4v) is 9.45. The van der Waals surface area contributed by atoms with E-state index in [1.54, 1.807) is 12.1 Å². The predicted octanol–water partition coefficient (Wildman–Crippen LogP) is 17.5. The quantitative estimate of drug-likeness (QED) is 0.0941. The highest BCUT2D eigenvalue weighted by atomic mass is 19.4. The van der Waals surface area contributed by atoms with Gasteiger partial charge < -0.3 is 0 Å². The maximum Gasteiger partial charge on any atom is 0.416 e. The molecule has 0 aliphatic carbocycles. The van der Waals surface area contributed by atoms with Crippen molar-refractivity contribution >= 4 is 64.6 Å². The first-order chi connectivity index (χ1) is 30.4. The summed E-state index contributed by atoms with van der Waals surface area (Å²) in [7, 11) is 0. The Balaban J connectivity index is 1.33. The Morgan fingerprint density at radius 2 is 0.730 bits per heavy atom. The fraction of sp³-hybridized carbons (Fsp3) is 0.0357. The van der Waals surface area contributed by atoms with Gasteiger partial charge in [-0.25, -0.2) is 4.39 Å². The van der Waals surface area contributed by atoms with Crippen LogP contribution in [0.4, 0.5) is 30.7 Å². The van der Waals surface area contributed by atoms with Crippen LogP contribution in [0.1, 0.15) is 11.1 Å². The minimum atomic E-state index is -4.55. The van der Waals surface area contributed by atoms with E-state index in [9.17, 15) is 26.3 Å². The summed E-state index contributed by atoms with van der Waals surface area (Å²) in [6.07, 6.45) is -9.05. The van der Waals surface area contributed by atoms with Gasteiger partial charge in [-0.1, -0.05) is 127 Å². The molecule has 0 bridgehead atoms. The summed E-state index contributed by atoms with van der Waals surface area (Å²) in [5.74, 6) is -0.396. The molecule has 0 saturated carbocycles. The molecule has 0 aromatic heterocycles. The molecule has 11 aromatic rings. The predicted molar refractivity (Wildman–Crippen MR) is 243 cm³/mol. The standard InChI is InChI=1S/C56H31F7/c57-40-22-25-42-37(27-40)31-50(46-15-6-4-13-44(42)46)54-48-24-19-35(33-9-7-10-39(26-33)56(61,62)63)29-52(48)53(49-30-36-8-1-2-11-41(36)43-12-3-5-14-45(43)49)47-23-18-34(28-51(47)54)32-16-20-38(21-17-32)55(58,59)60/h1-31H. The molecule has 0 N–H and O–H groups in total. The van der Waals surface area contributed by atoms with Crippen LogP contribution in [0, 0.1) is 5.82 Å². The van der Waals surface area contributed by atoms with Crippen LogP contribution in [-0.2, 0) is 12.4 Å². The first-order valence-electron chi connectivity index (χ1n) is 20.3. The number of hydrogen-bond donors (Lipinski definition) is 0. The van der Waals surface area contributed by atoms with E-state index < -0.39 is 29.3 Å². The van der Waals surface area contributed by atoms with Crippen LogP contribution in [0.15, 0.2) is 188 Å². The molecule has 0 amide bonds. The van der Waals surface area contributed by atoms with Gasteiger partial charge in [0.2, 0.25) is 0 Å². The summed E-state index contributed by atoms with van der Waals surface area (Å²) in [6, 6.07) is 55.0. The highest BCUT2D eigenvalue weighted by Gasteiger charge is 2.31. The van der Waals surface area contributed by atoms with E-state index in [4.69, 9.17) is 0 Å². The SMILES string of the molecule is Fc1ccc2c(c1)cc(-c1c3ccc(-c4cccc(C(F)(F)F)c4)cc3c(-c3cc4ccccc4c4ccccc34)c3ccc(-c4ccc(C(F)(F)F)cc4)cc13)c1ccccc12. The smallest absolute Gasteiger partial charge is 0.207 e. The van der Waals surface area contributed by atoms with Gasteiger partial charge in [0, 0.05) is 0 Å². The zero-order valence-electron chi connectivity index (χ0n) is 33.0. The molecule has 0 heterocycles. The average molecular weight is 837 g/mol. The lowest BCUT2D eigenvalue weighted by Gasteiger charge is -2.22. The minimum Gasteiger partial charge on any atom is -0.207 e. The zero-order valence-corrected chi connectivity index (χ0v) is 33.0. The van der Waals surface area contributed by atoms with Crippen LogP contribution in [0.25, 0.3) is 109 Å². The second kappa shape index (κ2) is 14.3.